The van der Waals surface area contributed by atoms with Crippen LogP contribution in [0, 0.1) is 5.92 Å². The molecule has 1 atom stereocenters. The van der Waals surface area contributed by atoms with Gasteiger partial charge in [-0.05, 0) is 71.5 Å². The Kier molecular flexibility index (Phi) is 9.61. The number of aromatic nitrogens is 2. The highest BCUT2D eigenvalue weighted by atomic mass is 16.5. The van der Waals surface area contributed by atoms with Crippen LogP contribution in [0.3, 0.4) is 0 Å². The SMILES string of the molecule is COC(=O)Nc1cc(-c2cccc(CN(C(=O)C3CC3)C(CC(=O)O)c3cccnc3)c2)ccc1N1CCN(c2ccccn2)CC1. The third-order valence-electron chi connectivity index (χ3n) is 8.65. The fourth-order valence-corrected chi connectivity index (χ4v) is 6.07. The van der Waals surface area contributed by atoms with Crippen molar-refractivity contribution in [2.24, 2.45) is 5.92 Å². The Morgan fingerprint density at radius 1 is 0.936 bits per heavy atom. The smallest absolute Gasteiger partial charge is 0.411 e. The highest BCUT2D eigenvalue weighted by Gasteiger charge is 2.37. The number of amides is 2. The van der Waals surface area contributed by atoms with Gasteiger partial charge in [0.1, 0.15) is 5.82 Å². The molecule has 1 saturated carbocycles. The van der Waals surface area contributed by atoms with Gasteiger partial charge in [-0.15, -0.1) is 0 Å². The van der Waals surface area contributed by atoms with Gasteiger partial charge in [0.05, 0.1) is 30.9 Å². The number of aliphatic carboxylic acids is 1. The minimum absolute atomic E-state index is 0.0393. The van der Waals surface area contributed by atoms with Gasteiger partial charge in [0.15, 0.2) is 0 Å². The van der Waals surface area contributed by atoms with E-state index in [2.05, 4.69) is 25.1 Å². The van der Waals surface area contributed by atoms with E-state index in [1.165, 1.54) is 7.11 Å². The number of nitrogens with one attached hydrogen (secondary N) is 1. The normalized spacial score (nSPS) is 15.1. The predicted octanol–water partition coefficient (Wildman–Crippen LogP) is 5.60. The lowest BCUT2D eigenvalue weighted by Gasteiger charge is -2.37. The number of ether oxygens (including phenoxy) is 1. The Labute approximate surface area is 273 Å². The number of carboxylic acid groups (broad SMARTS) is 1. The van der Waals surface area contributed by atoms with Crippen LogP contribution in [0.2, 0.25) is 0 Å². The Morgan fingerprint density at radius 3 is 2.40 bits per heavy atom. The second-order valence-electron chi connectivity index (χ2n) is 11.9. The lowest BCUT2D eigenvalue weighted by atomic mass is 9.99. The number of pyridine rings is 2. The second-order valence-corrected chi connectivity index (χ2v) is 11.9. The van der Waals surface area contributed by atoms with E-state index >= 15 is 0 Å². The van der Waals surface area contributed by atoms with Gasteiger partial charge in [0, 0.05) is 57.2 Å². The Bertz CT molecular complexity index is 1710. The molecule has 2 fully saturated rings. The van der Waals surface area contributed by atoms with Crippen molar-refractivity contribution in [1.29, 1.82) is 0 Å². The van der Waals surface area contributed by atoms with Crippen LogP contribution in [-0.2, 0) is 20.9 Å². The van der Waals surface area contributed by atoms with Crippen LogP contribution in [0.5, 0.6) is 0 Å². The number of piperazine rings is 1. The summed E-state index contributed by atoms with van der Waals surface area (Å²) in [6, 6.07) is 22.7. The van der Waals surface area contributed by atoms with Gasteiger partial charge in [0.2, 0.25) is 5.91 Å². The van der Waals surface area contributed by atoms with Gasteiger partial charge in [-0.2, -0.15) is 0 Å². The van der Waals surface area contributed by atoms with Crippen molar-refractivity contribution in [2.75, 3.05) is 48.4 Å². The molecule has 0 bridgehead atoms. The summed E-state index contributed by atoms with van der Waals surface area (Å²) in [6.07, 6.45) is 5.90. The maximum absolute atomic E-state index is 13.6. The average molecular weight is 635 g/mol. The van der Waals surface area contributed by atoms with E-state index in [9.17, 15) is 19.5 Å². The molecule has 0 radical (unpaired) electrons. The summed E-state index contributed by atoms with van der Waals surface area (Å²) in [6.45, 7) is 3.33. The molecule has 2 amide bonds. The molecule has 242 valence electrons. The van der Waals surface area contributed by atoms with Crippen LogP contribution < -0.4 is 15.1 Å². The maximum Gasteiger partial charge on any atom is 0.411 e. The van der Waals surface area contributed by atoms with Crippen molar-refractivity contribution in [3.8, 4) is 11.1 Å². The molecule has 1 unspecified atom stereocenters. The van der Waals surface area contributed by atoms with E-state index < -0.39 is 18.1 Å². The van der Waals surface area contributed by atoms with Gasteiger partial charge >= 0.3 is 12.1 Å². The van der Waals surface area contributed by atoms with E-state index in [0.717, 1.165) is 67.2 Å². The molecular weight excluding hydrogens is 596 g/mol. The second kappa shape index (κ2) is 14.3. The molecule has 11 nitrogen and oxygen atoms in total. The molecule has 2 aliphatic rings. The molecule has 1 aliphatic heterocycles. The van der Waals surface area contributed by atoms with Crippen LogP contribution in [0.1, 0.15) is 36.4 Å². The Morgan fingerprint density at radius 2 is 1.72 bits per heavy atom. The summed E-state index contributed by atoms with van der Waals surface area (Å²) in [5.74, 6) is -0.161. The molecule has 47 heavy (non-hydrogen) atoms. The van der Waals surface area contributed by atoms with Crippen LogP contribution in [0.4, 0.5) is 22.0 Å². The summed E-state index contributed by atoms with van der Waals surface area (Å²) in [5.41, 5.74) is 4.86. The molecule has 3 heterocycles. The summed E-state index contributed by atoms with van der Waals surface area (Å²) >= 11 is 0. The summed E-state index contributed by atoms with van der Waals surface area (Å²) in [4.78, 5) is 52.8. The number of nitrogens with zero attached hydrogens (tertiary/aromatic N) is 5. The zero-order valence-electron chi connectivity index (χ0n) is 26.3. The van der Waals surface area contributed by atoms with Crippen molar-refractivity contribution >= 4 is 35.2 Å². The van der Waals surface area contributed by atoms with Crippen LogP contribution in [0.15, 0.2) is 91.4 Å². The van der Waals surface area contributed by atoms with Gasteiger partial charge < -0.3 is 24.5 Å². The lowest BCUT2D eigenvalue weighted by Crippen LogP contribution is -2.47. The summed E-state index contributed by atoms with van der Waals surface area (Å²) in [5, 5.41) is 12.7. The lowest BCUT2D eigenvalue weighted by molar-refractivity contribution is -0.142. The maximum atomic E-state index is 13.6. The fraction of sp³-hybridized carbons (Fsp3) is 0.306. The number of carbonyl (C=O) groups excluding carboxylic acids is 2. The van der Waals surface area contributed by atoms with E-state index in [4.69, 9.17) is 4.74 Å². The molecule has 2 aromatic heterocycles. The number of methoxy groups -OCH3 is 1. The first-order valence-electron chi connectivity index (χ1n) is 15.8. The molecule has 2 N–H and O–H groups in total. The largest absolute Gasteiger partial charge is 0.481 e. The predicted molar refractivity (Wildman–Crippen MR) is 179 cm³/mol. The van der Waals surface area contributed by atoms with Crippen molar-refractivity contribution in [3.63, 3.8) is 0 Å². The topological polar surface area (TPSA) is 128 Å². The van der Waals surface area contributed by atoms with E-state index in [1.54, 1.807) is 29.6 Å². The Hall–Kier alpha value is -5.45. The first kappa shape index (κ1) is 31.5. The molecule has 1 aliphatic carbocycles. The van der Waals surface area contributed by atoms with Crippen molar-refractivity contribution in [1.82, 2.24) is 14.9 Å². The number of hydrogen-bond acceptors (Lipinski definition) is 8. The van der Waals surface area contributed by atoms with E-state index in [0.29, 0.717) is 11.3 Å². The number of carboxylic acids is 1. The molecule has 2 aromatic carbocycles. The minimum atomic E-state index is -0.981. The summed E-state index contributed by atoms with van der Waals surface area (Å²) < 4.78 is 4.94. The standard InChI is InChI=1S/C36H38N6O5/c1-47-36(46)39-30-21-28(12-13-31(30)40-16-18-41(19-17-40)33-9-2-3-15-38-33)27-7-4-6-25(20-27)24-42(35(45)26-10-11-26)32(22-34(43)44)29-8-5-14-37-23-29/h2-9,12-15,20-21,23,26,32H,10-11,16-19,22,24H2,1H3,(H,39,46)(H,43,44). The first-order chi connectivity index (χ1) is 22.9. The van der Waals surface area contributed by atoms with Gasteiger partial charge in [0.25, 0.3) is 0 Å². The first-order valence-corrected chi connectivity index (χ1v) is 15.8. The molecular formula is C36H38N6O5. The number of carbonyl (C=O) groups is 3. The monoisotopic (exact) mass is 634 g/mol. The highest BCUT2D eigenvalue weighted by molar-refractivity contribution is 5.92. The molecule has 1 saturated heterocycles. The van der Waals surface area contributed by atoms with E-state index in [-0.39, 0.29) is 24.8 Å². The molecule has 11 heteroatoms. The number of benzene rings is 2. The van der Waals surface area contributed by atoms with Crippen LogP contribution >= 0.6 is 0 Å². The number of anilines is 3. The van der Waals surface area contributed by atoms with Crippen LogP contribution in [0.25, 0.3) is 11.1 Å². The van der Waals surface area contributed by atoms with Crippen molar-refractivity contribution in [3.05, 3.63) is 103 Å². The van der Waals surface area contributed by atoms with Crippen molar-refractivity contribution < 1.29 is 24.2 Å². The third-order valence-corrected chi connectivity index (χ3v) is 8.65. The zero-order chi connectivity index (χ0) is 32.8. The van der Waals surface area contributed by atoms with Crippen molar-refractivity contribution in [2.45, 2.75) is 31.8 Å². The number of rotatable bonds is 11. The van der Waals surface area contributed by atoms with Crippen LogP contribution in [-0.4, -0.2) is 71.2 Å². The third kappa shape index (κ3) is 7.69. The fourth-order valence-electron chi connectivity index (χ4n) is 6.07. The van der Waals surface area contributed by atoms with Gasteiger partial charge in [-0.3, -0.25) is 19.9 Å². The average Bonchev–Trinajstić information content (AvgIpc) is 3.96. The Balaban J connectivity index is 1.26. The quantitative estimate of drug-likeness (QED) is 0.217. The van der Waals surface area contributed by atoms with Gasteiger partial charge in [-0.1, -0.05) is 36.4 Å². The van der Waals surface area contributed by atoms with Gasteiger partial charge in [-0.25, -0.2) is 9.78 Å². The highest BCUT2D eigenvalue weighted by Crippen LogP contribution is 2.37. The number of hydrogen-bond donors (Lipinski definition) is 2. The molecule has 6 rings (SSSR count). The summed E-state index contributed by atoms with van der Waals surface area (Å²) in [7, 11) is 1.34. The zero-order valence-corrected chi connectivity index (χ0v) is 26.3. The molecule has 0 spiro atoms. The van der Waals surface area contributed by atoms with E-state index in [1.807, 2.05) is 66.7 Å². The molecule has 4 aromatic rings. The minimum Gasteiger partial charge on any atom is -0.481 e.